The number of thiophene rings is 1. The number of esters is 1. The van der Waals surface area contributed by atoms with Gasteiger partial charge in [0.1, 0.15) is 4.83 Å². The smallest absolute Gasteiger partial charge is 0.340 e. The van der Waals surface area contributed by atoms with Gasteiger partial charge in [-0.2, -0.15) is 0 Å². The fraction of sp³-hybridized carbons (Fsp3) is 0.304. The first kappa shape index (κ1) is 21.0. The number of hydrogen-bond donors (Lipinski definition) is 0. The predicted molar refractivity (Wildman–Crippen MR) is 122 cm³/mol. The molecule has 160 valence electrons. The van der Waals surface area contributed by atoms with Crippen LogP contribution in [0.25, 0.3) is 21.1 Å². The SMILES string of the molecule is CCOC(=O)c1c(Cc2ccnc3ccccc23)sc2c1c(=O)n(C)c(=O)n2C(C)C. The van der Waals surface area contributed by atoms with Crippen LogP contribution in [0, 0.1) is 0 Å². The fourth-order valence-corrected chi connectivity index (χ4v) is 5.24. The molecular weight excluding hydrogens is 414 g/mol. The highest BCUT2D eigenvalue weighted by atomic mass is 32.1. The third-order valence-corrected chi connectivity index (χ3v) is 6.47. The lowest BCUT2D eigenvalue weighted by atomic mass is 10.0. The third kappa shape index (κ3) is 3.46. The monoisotopic (exact) mass is 437 g/mol. The zero-order valence-electron chi connectivity index (χ0n) is 17.8. The fourth-order valence-electron chi connectivity index (χ4n) is 3.82. The van der Waals surface area contributed by atoms with Gasteiger partial charge in [0.15, 0.2) is 0 Å². The summed E-state index contributed by atoms with van der Waals surface area (Å²) in [6.07, 6.45) is 2.16. The predicted octanol–water partition coefficient (Wildman–Crippen LogP) is 3.66. The number of carbonyl (C=O) groups is 1. The Morgan fingerprint density at radius 2 is 1.94 bits per heavy atom. The normalized spacial score (nSPS) is 11.5. The lowest BCUT2D eigenvalue weighted by molar-refractivity contribution is 0.0528. The molecule has 0 radical (unpaired) electrons. The maximum Gasteiger partial charge on any atom is 0.340 e. The minimum absolute atomic E-state index is 0.176. The molecule has 4 aromatic rings. The Morgan fingerprint density at radius 1 is 1.19 bits per heavy atom. The van der Waals surface area contributed by atoms with Crippen LogP contribution in [0.1, 0.15) is 47.6 Å². The maximum absolute atomic E-state index is 13.1. The van der Waals surface area contributed by atoms with Crippen molar-refractivity contribution in [3.8, 4) is 0 Å². The van der Waals surface area contributed by atoms with Crippen molar-refractivity contribution in [2.75, 3.05) is 6.61 Å². The summed E-state index contributed by atoms with van der Waals surface area (Å²) in [5.74, 6) is -0.548. The largest absolute Gasteiger partial charge is 0.462 e. The number of ether oxygens (including phenoxy) is 1. The Kier molecular flexibility index (Phi) is 5.49. The standard InChI is InChI=1S/C23H23N3O4S/c1-5-30-22(28)18-17(12-14-10-11-24-16-9-7-6-8-15(14)16)31-21-19(18)20(27)25(4)23(29)26(21)13(2)3/h6-11,13H,5,12H2,1-4H3. The van der Waals surface area contributed by atoms with Crippen molar-refractivity contribution in [2.45, 2.75) is 33.2 Å². The number of hydrogen-bond acceptors (Lipinski definition) is 6. The summed E-state index contributed by atoms with van der Waals surface area (Å²) in [6.45, 7) is 5.68. The molecule has 0 aliphatic carbocycles. The molecule has 3 aromatic heterocycles. The van der Waals surface area contributed by atoms with Crippen molar-refractivity contribution >= 4 is 38.4 Å². The lowest BCUT2D eigenvalue weighted by Crippen LogP contribution is -2.38. The first-order valence-corrected chi connectivity index (χ1v) is 10.9. The number of aromatic nitrogens is 3. The molecule has 3 heterocycles. The zero-order chi connectivity index (χ0) is 22.3. The summed E-state index contributed by atoms with van der Waals surface area (Å²) in [6, 6.07) is 9.52. The summed E-state index contributed by atoms with van der Waals surface area (Å²) in [4.78, 5) is 44.4. The molecule has 0 spiro atoms. The van der Waals surface area contributed by atoms with Gasteiger partial charge in [0, 0.05) is 36.0 Å². The molecule has 0 saturated carbocycles. The van der Waals surface area contributed by atoms with Gasteiger partial charge in [-0.3, -0.25) is 18.9 Å². The van der Waals surface area contributed by atoms with Gasteiger partial charge in [0.2, 0.25) is 0 Å². The van der Waals surface area contributed by atoms with E-state index in [0.717, 1.165) is 21.0 Å². The third-order valence-electron chi connectivity index (χ3n) is 5.28. The Hall–Kier alpha value is -3.26. The van der Waals surface area contributed by atoms with Gasteiger partial charge in [-0.1, -0.05) is 18.2 Å². The summed E-state index contributed by atoms with van der Waals surface area (Å²) < 4.78 is 7.93. The van der Waals surface area contributed by atoms with Crippen molar-refractivity contribution in [3.63, 3.8) is 0 Å². The Morgan fingerprint density at radius 3 is 2.65 bits per heavy atom. The Bertz CT molecular complexity index is 1420. The van der Waals surface area contributed by atoms with E-state index in [4.69, 9.17) is 4.74 Å². The molecule has 0 bridgehead atoms. The summed E-state index contributed by atoms with van der Waals surface area (Å²) in [5, 5.41) is 1.22. The van der Waals surface area contributed by atoms with Crippen molar-refractivity contribution in [3.05, 3.63) is 73.4 Å². The van der Waals surface area contributed by atoms with Crippen molar-refractivity contribution in [1.82, 2.24) is 14.1 Å². The van der Waals surface area contributed by atoms with E-state index >= 15 is 0 Å². The van der Waals surface area contributed by atoms with E-state index in [2.05, 4.69) is 4.98 Å². The van der Waals surface area contributed by atoms with Crippen LogP contribution in [0.4, 0.5) is 0 Å². The first-order valence-electron chi connectivity index (χ1n) is 10.1. The van der Waals surface area contributed by atoms with Crippen LogP contribution in [0.3, 0.4) is 0 Å². The second-order valence-electron chi connectivity index (χ2n) is 7.58. The van der Waals surface area contributed by atoms with Crippen LogP contribution in [0.2, 0.25) is 0 Å². The zero-order valence-corrected chi connectivity index (χ0v) is 18.7. The summed E-state index contributed by atoms with van der Waals surface area (Å²) >= 11 is 1.30. The number of pyridine rings is 1. The average Bonchev–Trinajstić information content (AvgIpc) is 3.11. The van der Waals surface area contributed by atoms with E-state index in [9.17, 15) is 14.4 Å². The second kappa shape index (κ2) is 8.11. The van der Waals surface area contributed by atoms with Gasteiger partial charge >= 0.3 is 11.7 Å². The number of nitrogens with zero attached hydrogens (tertiary/aromatic N) is 3. The minimum Gasteiger partial charge on any atom is -0.462 e. The molecule has 0 aliphatic rings. The molecule has 0 aliphatic heterocycles. The van der Waals surface area contributed by atoms with Gasteiger partial charge in [-0.05, 0) is 38.5 Å². The highest BCUT2D eigenvalue weighted by molar-refractivity contribution is 7.19. The molecule has 1 aromatic carbocycles. The highest BCUT2D eigenvalue weighted by Crippen LogP contribution is 2.33. The van der Waals surface area contributed by atoms with E-state index in [1.165, 1.54) is 18.4 Å². The van der Waals surface area contributed by atoms with E-state index in [1.54, 1.807) is 17.7 Å². The topological polar surface area (TPSA) is 83.2 Å². The molecule has 0 unspecified atom stereocenters. The van der Waals surface area contributed by atoms with Gasteiger partial charge in [0.05, 0.1) is 23.1 Å². The molecule has 8 heteroatoms. The molecule has 0 saturated heterocycles. The Labute approximate surface area is 182 Å². The summed E-state index contributed by atoms with van der Waals surface area (Å²) in [7, 11) is 1.44. The van der Waals surface area contributed by atoms with E-state index in [-0.39, 0.29) is 23.6 Å². The van der Waals surface area contributed by atoms with E-state index in [1.807, 2.05) is 44.2 Å². The van der Waals surface area contributed by atoms with Crippen LogP contribution in [-0.4, -0.2) is 26.7 Å². The van der Waals surface area contributed by atoms with E-state index < -0.39 is 17.2 Å². The molecule has 4 rings (SSSR count). The van der Waals surface area contributed by atoms with Crippen LogP contribution in [0.5, 0.6) is 0 Å². The van der Waals surface area contributed by atoms with E-state index in [0.29, 0.717) is 16.1 Å². The van der Waals surface area contributed by atoms with Gasteiger partial charge in [-0.25, -0.2) is 9.59 Å². The van der Waals surface area contributed by atoms with Crippen LogP contribution in [-0.2, 0) is 18.2 Å². The quantitative estimate of drug-likeness (QED) is 0.445. The number of fused-ring (bicyclic) bond motifs is 2. The number of para-hydroxylation sites is 1. The van der Waals surface area contributed by atoms with Gasteiger partial charge in [-0.15, -0.1) is 11.3 Å². The van der Waals surface area contributed by atoms with Gasteiger partial charge < -0.3 is 4.74 Å². The van der Waals surface area contributed by atoms with Gasteiger partial charge in [0.25, 0.3) is 5.56 Å². The maximum atomic E-state index is 13.1. The van der Waals surface area contributed by atoms with Crippen LogP contribution in [0.15, 0.2) is 46.1 Å². The van der Waals surface area contributed by atoms with Crippen molar-refractivity contribution in [1.29, 1.82) is 0 Å². The number of benzene rings is 1. The number of rotatable bonds is 5. The average molecular weight is 438 g/mol. The lowest BCUT2D eigenvalue weighted by Gasteiger charge is -2.12. The van der Waals surface area contributed by atoms with Crippen LogP contribution < -0.4 is 11.2 Å². The molecule has 0 atom stereocenters. The van der Waals surface area contributed by atoms with Crippen molar-refractivity contribution < 1.29 is 9.53 Å². The molecule has 31 heavy (non-hydrogen) atoms. The molecular formula is C23H23N3O4S. The number of carbonyl (C=O) groups excluding carboxylic acids is 1. The molecule has 0 amide bonds. The van der Waals surface area contributed by atoms with Crippen molar-refractivity contribution in [2.24, 2.45) is 7.05 Å². The first-order chi connectivity index (χ1) is 14.8. The summed E-state index contributed by atoms with van der Waals surface area (Å²) in [5.41, 5.74) is 1.21. The Balaban J connectivity index is 2.05. The highest BCUT2D eigenvalue weighted by Gasteiger charge is 2.27. The second-order valence-corrected chi connectivity index (χ2v) is 8.66. The molecule has 7 nitrogen and oxygen atoms in total. The minimum atomic E-state index is -0.548. The van der Waals surface area contributed by atoms with Crippen LogP contribution >= 0.6 is 11.3 Å². The molecule has 0 N–H and O–H groups in total. The molecule has 0 fully saturated rings.